The second-order valence-corrected chi connectivity index (χ2v) is 6.07. The molecule has 0 saturated carbocycles. The molecule has 0 aromatic heterocycles. The summed E-state index contributed by atoms with van der Waals surface area (Å²) in [7, 11) is 0. The van der Waals surface area contributed by atoms with Crippen LogP contribution in [0.25, 0.3) is 0 Å². The van der Waals surface area contributed by atoms with Gasteiger partial charge in [-0.15, -0.1) is 0 Å². The molecule has 26 heavy (non-hydrogen) atoms. The number of benzene rings is 1. The van der Waals surface area contributed by atoms with Crippen molar-refractivity contribution in [2.75, 3.05) is 25.0 Å². The van der Waals surface area contributed by atoms with Gasteiger partial charge in [-0.25, -0.2) is 4.79 Å². The predicted octanol–water partition coefficient (Wildman–Crippen LogP) is 3.09. The molecule has 0 unspecified atom stereocenters. The van der Waals surface area contributed by atoms with Crippen LogP contribution in [0.2, 0.25) is 5.02 Å². The smallest absolute Gasteiger partial charge is 0.315 e. The summed E-state index contributed by atoms with van der Waals surface area (Å²) in [6.07, 6.45) is 3.86. The maximum atomic E-state index is 11.7. The van der Waals surface area contributed by atoms with E-state index in [0.717, 1.165) is 25.7 Å². The third-order valence-electron chi connectivity index (χ3n) is 3.44. The van der Waals surface area contributed by atoms with Crippen LogP contribution in [-0.4, -0.2) is 37.6 Å². The largest absolute Gasteiger partial charge is 0.466 e. The SMILES string of the molecule is CCOC(=O)CCCCCCNC(=O)NCC(=O)Nc1ccc(Cl)cc1. The van der Waals surface area contributed by atoms with Crippen LogP contribution in [0, 0.1) is 0 Å². The molecule has 0 radical (unpaired) electrons. The first-order valence-electron chi connectivity index (χ1n) is 8.74. The molecule has 0 aliphatic rings. The number of amides is 3. The Morgan fingerprint density at radius 2 is 1.69 bits per heavy atom. The van der Waals surface area contributed by atoms with Crippen molar-refractivity contribution < 1.29 is 19.1 Å². The molecule has 144 valence electrons. The molecule has 8 heteroatoms. The number of urea groups is 1. The molecule has 3 amide bonds. The minimum absolute atomic E-state index is 0.117. The number of carbonyl (C=O) groups is 3. The van der Waals surface area contributed by atoms with Crippen LogP contribution >= 0.6 is 11.6 Å². The van der Waals surface area contributed by atoms with Crippen LogP contribution in [-0.2, 0) is 14.3 Å². The van der Waals surface area contributed by atoms with Gasteiger partial charge in [0.2, 0.25) is 5.91 Å². The van der Waals surface area contributed by atoms with Gasteiger partial charge in [-0.2, -0.15) is 0 Å². The molecule has 3 N–H and O–H groups in total. The van der Waals surface area contributed by atoms with Crippen LogP contribution in [0.3, 0.4) is 0 Å². The molecular formula is C18H26ClN3O4. The summed E-state index contributed by atoms with van der Waals surface area (Å²) in [6.45, 7) is 2.60. The lowest BCUT2D eigenvalue weighted by atomic mass is 10.1. The molecule has 0 aliphatic carbocycles. The fourth-order valence-corrected chi connectivity index (χ4v) is 2.27. The van der Waals surface area contributed by atoms with Gasteiger partial charge in [0, 0.05) is 23.7 Å². The number of anilines is 1. The first-order valence-corrected chi connectivity index (χ1v) is 9.11. The van der Waals surface area contributed by atoms with Gasteiger partial charge in [-0.1, -0.05) is 24.4 Å². The number of ether oxygens (including phenoxy) is 1. The normalized spacial score (nSPS) is 10.1. The molecule has 0 atom stereocenters. The zero-order valence-electron chi connectivity index (χ0n) is 15.0. The summed E-state index contributed by atoms with van der Waals surface area (Å²) in [5, 5.41) is 8.43. The third kappa shape index (κ3) is 10.6. The van der Waals surface area contributed by atoms with Gasteiger partial charge in [0.25, 0.3) is 0 Å². The van der Waals surface area contributed by atoms with E-state index in [2.05, 4.69) is 16.0 Å². The van der Waals surface area contributed by atoms with Crippen molar-refractivity contribution in [2.24, 2.45) is 0 Å². The Balaban J connectivity index is 2.02. The van der Waals surface area contributed by atoms with E-state index in [9.17, 15) is 14.4 Å². The summed E-state index contributed by atoms with van der Waals surface area (Å²) >= 11 is 5.77. The molecule has 0 fully saturated rings. The highest BCUT2D eigenvalue weighted by atomic mass is 35.5. The predicted molar refractivity (Wildman–Crippen MR) is 101 cm³/mol. The Bertz CT molecular complexity index is 578. The molecule has 7 nitrogen and oxygen atoms in total. The summed E-state index contributed by atoms with van der Waals surface area (Å²) in [5.41, 5.74) is 0.615. The Morgan fingerprint density at radius 3 is 2.38 bits per heavy atom. The molecule has 0 heterocycles. The number of nitrogens with one attached hydrogen (secondary N) is 3. The number of hydrogen-bond acceptors (Lipinski definition) is 4. The van der Waals surface area contributed by atoms with E-state index >= 15 is 0 Å². The number of unbranched alkanes of at least 4 members (excludes halogenated alkanes) is 3. The van der Waals surface area contributed by atoms with E-state index < -0.39 is 0 Å². The first kappa shape index (κ1) is 21.8. The highest BCUT2D eigenvalue weighted by Crippen LogP contribution is 2.12. The average Bonchev–Trinajstić information content (AvgIpc) is 2.61. The topological polar surface area (TPSA) is 96.5 Å². The second-order valence-electron chi connectivity index (χ2n) is 5.63. The molecule has 0 aliphatic heterocycles. The van der Waals surface area contributed by atoms with Crippen molar-refractivity contribution in [1.29, 1.82) is 0 Å². The van der Waals surface area contributed by atoms with Crippen LogP contribution < -0.4 is 16.0 Å². The van der Waals surface area contributed by atoms with Gasteiger partial charge in [-0.3, -0.25) is 9.59 Å². The molecular weight excluding hydrogens is 358 g/mol. The molecule has 1 aromatic rings. The summed E-state index contributed by atoms with van der Waals surface area (Å²) in [4.78, 5) is 34.5. The highest BCUT2D eigenvalue weighted by Gasteiger charge is 2.05. The van der Waals surface area contributed by atoms with Crippen molar-refractivity contribution in [3.8, 4) is 0 Å². The fraction of sp³-hybridized carbons (Fsp3) is 0.500. The van der Waals surface area contributed by atoms with Gasteiger partial charge >= 0.3 is 12.0 Å². The van der Waals surface area contributed by atoms with Crippen molar-refractivity contribution in [3.63, 3.8) is 0 Å². The fourth-order valence-electron chi connectivity index (χ4n) is 2.14. The highest BCUT2D eigenvalue weighted by molar-refractivity contribution is 6.30. The Hall–Kier alpha value is -2.28. The Morgan fingerprint density at radius 1 is 1.00 bits per heavy atom. The Labute approximate surface area is 158 Å². The first-order chi connectivity index (χ1) is 12.5. The molecule has 0 bridgehead atoms. The van der Waals surface area contributed by atoms with E-state index in [1.165, 1.54) is 0 Å². The van der Waals surface area contributed by atoms with Gasteiger partial charge in [0.15, 0.2) is 0 Å². The van der Waals surface area contributed by atoms with Gasteiger partial charge in [0.05, 0.1) is 13.2 Å². The second kappa shape index (κ2) is 13.0. The summed E-state index contributed by atoms with van der Waals surface area (Å²) in [5.74, 6) is -0.483. The average molecular weight is 384 g/mol. The molecule has 1 aromatic carbocycles. The van der Waals surface area contributed by atoms with Crippen molar-refractivity contribution >= 4 is 35.2 Å². The Kier molecular flexibility index (Phi) is 10.9. The number of rotatable bonds is 11. The van der Waals surface area contributed by atoms with Crippen LogP contribution in [0.5, 0.6) is 0 Å². The van der Waals surface area contributed by atoms with Crippen LogP contribution in [0.1, 0.15) is 39.0 Å². The van der Waals surface area contributed by atoms with Crippen molar-refractivity contribution in [2.45, 2.75) is 39.0 Å². The van der Waals surface area contributed by atoms with Crippen molar-refractivity contribution in [3.05, 3.63) is 29.3 Å². The number of halogens is 1. The zero-order chi connectivity index (χ0) is 19.2. The molecule has 0 saturated heterocycles. The van der Waals surface area contributed by atoms with E-state index in [1.54, 1.807) is 31.2 Å². The lowest BCUT2D eigenvalue weighted by Gasteiger charge is -2.08. The van der Waals surface area contributed by atoms with Gasteiger partial charge in [0.1, 0.15) is 0 Å². The lowest BCUT2D eigenvalue weighted by Crippen LogP contribution is -2.40. The van der Waals surface area contributed by atoms with Crippen LogP contribution in [0.4, 0.5) is 10.5 Å². The maximum absolute atomic E-state index is 11.7. The van der Waals surface area contributed by atoms with Gasteiger partial charge < -0.3 is 20.7 Å². The zero-order valence-corrected chi connectivity index (χ0v) is 15.7. The summed E-state index contributed by atoms with van der Waals surface area (Å²) < 4.78 is 4.85. The minimum atomic E-state index is -0.386. The third-order valence-corrected chi connectivity index (χ3v) is 3.69. The van der Waals surface area contributed by atoms with E-state index in [4.69, 9.17) is 16.3 Å². The van der Waals surface area contributed by atoms with Crippen molar-refractivity contribution in [1.82, 2.24) is 10.6 Å². The minimum Gasteiger partial charge on any atom is -0.466 e. The monoisotopic (exact) mass is 383 g/mol. The lowest BCUT2D eigenvalue weighted by molar-refractivity contribution is -0.143. The molecule has 1 rings (SSSR count). The van der Waals surface area contributed by atoms with Gasteiger partial charge in [-0.05, 0) is 44.0 Å². The van der Waals surface area contributed by atoms with Crippen LogP contribution in [0.15, 0.2) is 24.3 Å². The number of esters is 1. The summed E-state index contributed by atoms with van der Waals surface area (Å²) in [6, 6.07) is 6.32. The van der Waals surface area contributed by atoms with E-state index in [0.29, 0.717) is 30.3 Å². The number of carbonyl (C=O) groups excluding carboxylic acids is 3. The molecule has 0 spiro atoms. The quantitative estimate of drug-likeness (QED) is 0.404. The van der Waals surface area contributed by atoms with E-state index in [1.807, 2.05) is 0 Å². The standard InChI is InChI=1S/C18H26ClN3O4/c1-2-26-17(24)7-5-3-4-6-12-20-18(25)21-13-16(23)22-15-10-8-14(19)9-11-15/h8-11H,2-7,12-13H2,1H3,(H,22,23)(H2,20,21,25). The van der Waals surface area contributed by atoms with E-state index in [-0.39, 0.29) is 24.5 Å². The number of hydrogen-bond donors (Lipinski definition) is 3. The maximum Gasteiger partial charge on any atom is 0.315 e.